The number of piperazine rings is 1. The minimum absolute atomic E-state index is 0.0254. The zero-order valence-corrected chi connectivity index (χ0v) is 24.1. The van der Waals surface area contributed by atoms with Gasteiger partial charge in [-0.15, -0.1) is 0 Å². The van der Waals surface area contributed by atoms with E-state index in [-0.39, 0.29) is 38.5 Å². The number of nitrogens with one attached hydrogen (secondary N) is 2. The number of rotatable bonds is 10. The average molecular weight is 596 g/mol. The van der Waals surface area contributed by atoms with Crippen LogP contribution in [0.2, 0.25) is 0 Å². The van der Waals surface area contributed by atoms with Gasteiger partial charge >= 0.3 is 13.7 Å². The Labute approximate surface area is 243 Å². The number of hydrogen-bond acceptors (Lipinski definition) is 7. The molecular formula is C29H34N5O7P. The molecule has 0 spiro atoms. The van der Waals surface area contributed by atoms with E-state index in [2.05, 4.69) is 15.6 Å². The summed E-state index contributed by atoms with van der Waals surface area (Å²) in [6.45, 7) is 3.03. The topological polar surface area (TPSA) is 161 Å². The highest BCUT2D eigenvalue weighted by Gasteiger charge is 2.35. The first-order valence-electron chi connectivity index (χ1n) is 13.5. The van der Waals surface area contributed by atoms with Crippen molar-refractivity contribution < 1.29 is 33.5 Å². The highest BCUT2D eigenvalue weighted by Crippen LogP contribution is 2.35. The molecule has 1 saturated heterocycles. The predicted molar refractivity (Wildman–Crippen MR) is 157 cm³/mol. The Morgan fingerprint density at radius 1 is 0.952 bits per heavy atom. The van der Waals surface area contributed by atoms with Crippen molar-refractivity contribution >= 4 is 31.2 Å². The Bertz CT molecular complexity index is 1430. The molecule has 42 heavy (non-hydrogen) atoms. The van der Waals surface area contributed by atoms with Crippen molar-refractivity contribution in [2.24, 2.45) is 0 Å². The summed E-state index contributed by atoms with van der Waals surface area (Å²) in [6.07, 6.45) is -1.38. The van der Waals surface area contributed by atoms with Crippen molar-refractivity contribution in [2.75, 3.05) is 44.3 Å². The molecule has 0 unspecified atom stereocenters. The fourth-order valence-corrected chi connectivity index (χ4v) is 5.23. The number of anilines is 1. The monoisotopic (exact) mass is 595 g/mol. The van der Waals surface area contributed by atoms with Crippen molar-refractivity contribution in [1.82, 2.24) is 20.1 Å². The summed E-state index contributed by atoms with van der Waals surface area (Å²) >= 11 is 0. The van der Waals surface area contributed by atoms with Gasteiger partial charge in [0, 0.05) is 44.0 Å². The van der Waals surface area contributed by atoms with Crippen LogP contribution in [0, 0.1) is 0 Å². The quantitative estimate of drug-likeness (QED) is 0.258. The first-order valence-corrected chi connectivity index (χ1v) is 15.3. The van der Waals surface area contributed by atoms with Gasteiger partial charge in [0.2, 0.25) is 5.91 Å². The van der Waals surface area contributed by atoms with Crippen LogP contribution < -0.4 is 10.6 Å². The first-order chi connectivity index (χ1) is 20.1. The summed E-state index contributed by atoms with van der Waals surface area (Å²) in [6, 6.07) is 20.8. The number of aromatic nitrogens is 1. The third kappa shape index (κ3) is 8.62. The normalized spacial score (nSPS) is 14.2. The number of pyridine rings is 1. The Kier molecular flexibility index (Phi) is 10.3. The highest BCUT2D eigenvalue weighted by atomic mass is 31.2. The molecule has 1 aromatic heterocycles. The van der Waals surface area contributed by atoms with E-state index < -0.39 is 37.7 Å². The molecule has 3 amide bonds. The summed E-state index contributed by atoms with van der Waals surface area (Å²) in [5.41, 5.74) is 2.87. The van der Waals surface area contributed by atoms with Crippen molar-refractivity contribution in [1.29, 1.82) is 0 Å². The molecule has 12 nitrogen and oxygen atoms in total. The third-order valence-corrected chi connectivity index (χ3v) is 7.45. The molecule has 4 N–H and O–H groups in total. The number of nitrogens with zero attached hydrogens (tertiary/aromatic N) is 3. The molecule has 1 atom stereocenters. The zero-order valence-electron chi connectivity index (χ0n) is 23.2. The minimum atomic E-state index is -4.70. The average Bonchev–Trinajstić information content (AvgIpc) is 2.99. The van der Waals surface area contributed by atoms with E-state index in [0.29, 0.717) is 17.9 Å². The van der Waals surface area contributed by atoms with E-state index in [9.17, 15) is 28.7 Å². The van der Waals surface area contributed by atoms with Crippen LogP contribution in [0.15, 0.2) is 72.8 Å². The Morgan fingerprint density at radius 3 is 2.19 bits per heavy atom. The van der Waals surface area contributed by atoms with E-state index in [1.807, 2.05) is 60.7 Å². The Morgan fingerprint density at radius 2 is 1.57 bits per heavy atom. The van der Waals surface area contributed by atoms with Crippen LogP contribution in [-0.2, 0) is 20.6 Å². The Balaban J connectivity index is 1.55. The van der Waals surface area contributed by atoms with Crippen molar-refractivity contribution in [3.63, 3.8) is 0 Å². The molecule has 0 aliphatic carbocycles. The smallest absolute Gasteiger partial charge is 0.409 e. The van der Waals surface area contributed by atoms with Crippen molar-refractivity contribution in [3.05, 3.63) is 84.1 Å². The molecule has 3 aromatic rings. The molecular weight excluding hydrogens is 561 g/mol. The van der Waals surface area contributed by atoms with Crippen molar-refractivity contribution in [2.45, 2.75) is 19.5 Å². The lowest BCUT2D eigenvalue weighted by Crippen LogP contribution is -2.56. The van der Waals surface area contributed by atoms with Gasteiger partial charge in [-0.3, -0.25) is 14.2 Å². The molecule has 4 rings (SSSR count). The Hall–Kier alpha value is -4.25. The summed E-state index contributed by atoms with van der Waals surface area (Å²) < 4.78 is 16.9. The molecule has 0 saturated carbocycles. The number of ether oxygens (including phenoxy) is 1. The number of amides is 3. The number of benzene rings is 2. The molecule has 13 heteroatoms. The van der Waals surface area contributed by atoms with Crippen LogP contribution in [0.4, 0.5) is 10.5 Å². The van der Waals surface area contributed by atoms with Gasteiger partial charge in [-0.25, -0.2) is 9.78 Å². The highest BCUT2D eigenvalue weighted by molar-refractivity contribution is 7.51. The largest absolute Gasteiger partial charge is 0.450 e. The second kappa shape index (κ2) is 14.1. The number of hydrogen-bond donors (Lipinski definition) is 4. The number of carbonyl (C=O) groups is 3. The molecule has 222 valence electrons. The van der Waals surface area contributed by atoms with Gasteiger partial charge in [0.15, 0.2) is 0 Å². The maximum Gasteiger partial charge on any atom is 0.409 e. The standard InChI is InChI=1S/C29H34N5O7P/c1-2-41-29(37)34-15-13-33(14-16-34)28(36)26(20-42(38,39)40)32-27(35)25-18-23(30-19-21-9-5-3-6-10-21)17-24(31-25)22-11-7-4-8-12-22/h3-12,17-18,26H,2,13-16,19-20H2,1H3,(H,30,31)(H,32,35)(H2,38,39,40)/t26-/m0/s1. The maximum atomic E-state index is 13.5. The van der Waals surface area contributed by atoms with Gasteiger partial charge in [-0.1, -0.05) is 60.7 Å². The van der Waals surface area contributed by atoms with Gasteiger partial charge in [-0.2, -0.15) is 0 Å². The van der Waals surface area contributed by atoms with Gasteiger partial charge in [0.05, 0.1) is 18.5 Å². The molecule has 1 aliphatic heterocycles. The van der Waals surface area contributed by atoms with Crippen LogP contribution in [-0.4, -0.2) is 87.5 Å². The maximum absolute atomic E-state index is 13.5. The van der Waals surface area contributed by atoms with E-state index in [0.717, 1.165) is 11.1 Å². The lowest BCUT2D eigenvalue weighted by Gasteiger charge is -2.36. The first kappa shape index (κ1) is 30.7. The van der Waals surface area contributed by atoms with E-state index >= 15 is 0 Å². The van der Waals surface area contributed by atoms with E-state index in [1.54, 1.807) is 13.0 Å². The zero-order chi connectivity index (χ0) is 30.1. The second-order valence-corrected chi connectivity index (χ2v) is 11.4. The van der Waals surface area contributed by atoms with E-state index in [4.69, 9.17) is 4.74 Å². The van der Waals surface area contributed by atoms with Gasteiger partial charge in [-0.05, 0) is 24.6 Å². The third-order valence-electron chi connectivity index (χ3n) is 6.61. The summed E-state index contributed by atoms with van der Waals surface area (Å²) in [4.78, 5) is 65.6. The van der Waals surface area contributed by atoms with Crippen LogP contribution in [0.25, 0.3) is 11.3 Å². The fraction of sp³-hybridized carbons (Fsp3) is 0.310. The summed E-state index contributed by atoms with van der Waals surface area (Å²) in [5.74, 6) is -1.41. The lowest BCUT2D eigenvalue weighted by molar-refractivity contribution is -0.134. The van der Waals surface area contributed by atoms with Crippen LogP contribution in [0.1, 0.15) is 23.0 Å². The van der Waals surface area contributed by atoms with E-state index in [1.165, 1.54) is 15.9 Å². The molecule has 1 aliphatic rings. The number of carbonyl (C=O) groups excluding carboxylic acids is 3. The lowest BCUT2D eigenvalue weighted by atomic mass is 10.1. The summed E-state index contributed by atoms with van der Waals surface area (Å²) in [7, 11) is -4.70. The van der Waals surface area contributed by atoms with Crippen LogP contribution in [0.3, 0.4) is 0 Å². The fourth-order valence-electron chi connectivity index (χ4n) is 4.51. The van der Waals surface area contributed by atoms with Gasteiger partial charge in [0.25, 0.3) is 5.91 Å². The van der Waals surface area contributed by atoms with Crippen molar-refractivity contribution in [3.8, 4) is 11.3 Å². The second-order valence-electron chi connectivity index (χ2n) is 9.72. The van der Waals surface area contributed by atoms with Crippen LogP contribution in [0.5, 0.6) is 0 Å². The van der Waals surface area contributed by atoms with Crippen LogP contribution >= 0.6 is 7.60 Å². The molecule has 0 bridgehead atoms. The minimum Gasteiger partial charge on any atom is -0.450 e. The van der Waals surface area contributed by atoms with Gasteiger partial charge < -0.3 is 35.0 Å². The molecule has 2 heterocycles. The van der Waals surface area contributed by atoms with Gasteiger partial charge in [0.1, 0.15) is 11.7 Å². The molecule has 2 aromatic carbocycles. The predicted octanol–water partition coefficient (Wildman–Crippen LogP) is 2.94. The SMILES string of the molecule is CCOC(=O)N1CCN(C(=O)[C@H](CP(=O)(O)O)NC(=O)c2cc(NCc3ccccc3)cc(-c3ccccc3)n2)CC1. The molecule has 0 radical (unpaired) electrons. The summed E-state index contributed by atoms with van der Waals surface area (Å²) in [5, 5.41) is 5.80. The molecule has 1 fully saturated rings.